The molecule has 2 aromatic carbocycles. The molecule has 3 rings (SSSR count). The molecule has 0 atom stereocenters. The fourth-order valence-electron chi connectivity index (χ4n) is 2.92. The van der Waals surface area contributed by atoms with Crippen molar-refractivity contribution in [3.8, 4) is 0 Å². The maximum absolute atomic E-state index is 12.3. The lowest BCUT2D eigenvalue weighted by atomic mass is 10.2. The smallest absolute Gasteiger partial charge is 0.178 e. The molecule has 0 aliphatic carbocycles. The van der Waals surface area contributed by atoms with Crippen LogP contribution < -0.4 is 15.1 Å². The highest BCUT2D eigenvalue weighted by Gasteiger charge is 2.16. The Kier molecular flexibility index (Phi) is 5.42. The number of nitrogens with zero attached hydrogens (tertiary/aromatic N) is 4. The highest BCUT2D eigenvalue weighted by atomic mass is 32.2. The van der Waals surface area contributed by atoms with Crippen LogP contribution in [0, 0.1) is 0 Å². The summed E-state index contributed by atoms with van der Waals surface area (Å²) in [5.74, 6) is 0.680. The van der Waals surface area contributed by atoms with Gasteiger partial charge >= 0.3 is 0 Å². The second-order valence-electron chi connectivity index (χ2n) is 6.92. The zero-order valence-electron chi connectivity index (χ0n) is 16.8. The SMILES string of the molecule is CCS(=O)(=O)c1ccc(N(C)C)c(Nc2ncnc3ccc(N(C)C)cc23)c1. The maximum atomic E-state index is 12.3. The van der Waals surface area contributed by atoms with Crippen LogP contribution >= 0.6 is 0 Å². The molecule has 1 N–H and O–H groups in total. The molecule has 8 heteroatoms. The Morgan fingerprint density at radius 1 is 0.964 bits per heavy atom. The van der Waals surface area contributed by atoms with Crippen LogP contribution in [-0.2, 0) is 9.84 Å². The van der Waals surface area contributed by atoms with E-state index >= 15 is 0 Å². The van der Waals surface area contributed by atoms with Crippen LogP contribution in [0.5, 0.6) is 0 Å². The summed E-state index contributed by atoms with van der Waals surface area (Å²) in [6, 6.07) is 11.1. The highest BCUT2D eigenvalue weighted by molar-refractivity contribution is 7.91. The minimum absolute atomic E-state index is 0.0520. The average Bonchev–Trinajstić information content (AvgIpc) is 2.67. The molecule has 0 bridgehead atoms. The number of benzene rings is 2. The molecule has 1 aromatic heterocycles. The number of aromatic nitrogens is 2. The first-order valence-electron chi connectivity index (χ1n) is 8.96. The Bertz CT molecular complexity index is 1110. The van der Waals surface area contributed by atoms with Crippen LogP contribution in [0.3, 0.4) is 0 Å². The molecule has 0 amide bonds. The number of sulfone groups is 1. The molecule has 28 heavy (non-hydrogen) atoms. The van der Waals surface area contributed by atoms with E-state index in [2.05, 4.69) is 15.3 Å². The van der Waals surface area contributed by atoms with Crippen LogP contribution in [0.2, 0.25) is 0 Å². The molecule has 148 valence electrons. The maximum Gasteiger partial charge on any atom is 0.178 e. The van der Waals surface area contributed by atoms with Crippen molar-refractivity contribution in [2.75, 3.05) is 49.1 Å². The predicted molar refractivity (Wildman–Crippen MR) is 116 cm³/mol. The number of anilines is 4. The molecule has 0 spiro atoms. The van der Waals surface area contributed by atoms with E-state index < -0.39 is 9.84 Å². The number of nitrogens with one attached hydrogen (secondary N) is 1. The zero-order chi connectivity index (χ0) is 20.5. The molecular weight excluding hydrogens is 374 g/mol. The Hall–Kier alpha value is -2.87. The number of hydrogen-bond acceptors (Lipinski definition) is 7. The number of rotatable bonds is 6. The van der Waals surface area contributed by atoms with E-state index in [1.807, 2.05) is 56.2 Å². The van der Waals surface area contributed by atoms with E-state index in [4.69, 9.17) is 0 Å². The zero-order valence-corrected chi connectivity index (χ0v) is 17.6. The Morgan fingerprint density at radius 3 is 2.36 bits per heavy atom. The third kappa shape index (κ3) is 3.87. The predicted octanol–water partition coefficient (Wildman–Crippen LogP) is 3.30. The summed E-state index contributed by atoms with van der Waals surface area (Å²) in [4.78, 5) is 13.0. The first-order valence-corrected chi connectivity index (χ1v) is 10.6. The van der Waals surface area contributed by atoms with Crippen molar-refractivity contribution in [3.05, 3.63) is 42.7 Å². The van der Waals surface area contributed by atoms with Crippen LogP contribution in [0.15, 0.2) is 47.6 Å². The molecular formula is C20H25N5O2S. The van der Waals surface area contributed by atoms with E-state index in [0.29, 0.717) is 11.5 Å². The van der Waals surface area contributed by atoms with Gasteiger partial charge in [-0.2, -0.15) is 0 Å². The summed E-state index contributed by atoms with van der Waals surface area (Å²) in [6.07, 6.45) is 1.50. The van der Waals surface area contributed by atoms with Gasteiger partial charge in [-0.05, 0) is 36.4 Å². The van der Waals surface area contributed by atoms with Gasteiger partial charge in [-0.25, -0.2) is 18.4 Å². The third-order valence-electron chi connectivity index (χ3n) is 4.58. The lowest BCUT2D eigenvalue weighted by molar-refractivity contribution is 0.597. The van der Waals surface area contributed by atoms with Gasteiger partial charge in [-0.15, -0.1) is 0 Å². The summed E-state index contributed by atoms with van der Waals surface area (Å²) in [5, 5.41) is 4.19. The molecule has 7 nitrogen and oxygen atoms in total. The average molecular weight is 400 g/mol. The fourth-order valence-corrected chi connectivity index (χ4v) is 3.82. The van der Waals surface area contributed by atoms with Gasteiger partial charge in [0.05, 0.1) is 27.5 Å². The highest BCUT2D eigenvalue weighted by Crippen LogP contribution is 2.33. The van der Waals surface area contributed by atoms with Gasteiger partial charge in [0.2, 0.25) is 0 Å². The summed E-state index contributed by atoms with van der Waals surface area (Å²) in [7, 11) is 4.46. The lowest BCUT2D eigenvalue weighted by Crippen LogP contribution is -2.13. The summed E-state index contributed by atoms with van der Waals surface area (Å²) < 4.78 is 24.7. The molecule has 0 fully saturated rings. The van der Waals surface area contributed by atoms with Gasteiger partial charge in [0.1, 0.15) is 12.1 Å². The summed E-state index contributed by atoms with van der Waals surface area (Å²) >= 11 is 0. The topological polar surface area (TPSA) is 78.4 Å². The van der Waals surface area contributed by atoms with Gasteiger partial charge in [-0.1, -0.05) is 6.92 Å². The van der Waals surface area contributed by atoms with Gasteiger partial charge in [0.15, 0.2) is 9.84 Å². The molecule has 0 aliphatic rings. The number of fused-ring (bicyclic) bond motifs is 1. The van der Waals surface area contributed by atoms with Gasteiger partial charge in [0, 0.05) is 39.3 Å². The van der Waals surface area contributed by atoms with Crippen LogP contribution in [0.25, 0.3) is 10.9 Å². The second kappa shape index (κ2) is 7.63. The third-order valence-corrected chi connectivity index (χ3v) is 6.31. The van der Waals surface area contributed by atoms with Gasteiger partial charge < -0.3 is 15.1 Å². The van der Waals surface area contributed by atoms with Crippen molar-refractivity contribution in [3.63, 3.8) is 0 Å². The van der Waals surface area contributed by atoms with Crippen molar-refractivity contribution < 1.29 is 8.42 Å². The fraction of sp³-hybridized carbons (Fsp3) is 0.300. The van der Waals surface area contributed by atoms with E-state index in [1.54, 1.807) is 25.1 Å². The Labute approximate surface area is 165 Å². The molecule has 0 saturated heterocycles. The van der Waals surface area contributed by atoms with Gasteiger partial charge in [-0.3, -0.25) is 0 Å². The van der Waals surface area contributed by atoms with Crippen molar-refractivity contribution >= 4 is 43.6 Å². The van der Waals surface area contributed by atoms with E-state index in [-0.39, 0.29) is 10.6 Å². The standard InChI is InChI=1S/C20H25N5O2S/c1-6-28(26,27)15-8-10-19(25(4)5)18(12-15)23-20-16-11-14(24(2)3)7-9-17(16)21-13-22-20/h7-13H,6H2,1-5H3,(H,21,22,23). The first kappa shape index (κ1) is 19.9. The summed E-state index contributed by atoms with van der Waals surface area (Å²) in [5.41, 5.74) is 3.38. The van der Waals surface area contributed by atoms with Crippen molar-refractivity contribution in [2.24, 2.45) is 0 Å². The lowest BCUT2D eigenvalue weighted by Gasteiger charge is -2.20. The van der Waals surface area contributed by atoms with E-state index in [9.17, 15) is 8.42 Å². The summed E-state index contributed by atoms with van der Waals surface area (Å²) in [6.45, 7) is 1.64. The van der Waals surface area contributed by atoms with Crippen molar-refractivity contribution in [2.45, 2.75) is 11.8 Å². The Morgan fingerprint density at radius 2 is 1.71 bits per heavy atom. The van der Waals surface area contributed by atoms with Crippen LogP contribution in [0.1, 0.15) is 6.92 Å². The van der Waals surface area contributed by atoms with Crippen LogP contribution in [0.4, 0.5) is 22.9 Å². The molecule has 3 aromatic rings. The molecule has 0 radical (unpaired) electrons. The van der Waals surface area contributed by atoms with Gasteiger partial charge in [0.25, 0.3) is 0 Å². The largest absolute Gasteiger partial charge is 0.378 e. The normalized spacial score (nSPS) is 11.5. The van der Waals surface area contributed by atoms with Crippen molar-refractivity contribution in [1.29, 1.82) is 0 Å². The van der Waals surface area contributed by atoms with Crippen LogP contribution in [-0.4, -0.2) is 52.3 Å². The monoisotopic (exact) mass is 399 g/mol. The van der Waals surface area contributed by atoms with E-state index in [0.717, 1.165) is 22.3 Å². The quantitative estimate of drug-likeness (QED) is 0.681. The second-order valence-corrected chi connectivity index (χ2v) is 9.20. The minimum Gasteiger partial charge on any atom is -0.378 e. The first-order chi connectivity index (χ1) is 13.2. The molecule has 0 saturated carbocycles. The minimum atomic E-state index is -3.31. The van der Waals surface area contributed by atoms with E-state index in [1.165, 1.54) is 6.33 Å². The molecule has 0 aliphatic heterocycles. The molecule has 0 unspecified atom stereocenters. The number of hydrogen-bond donors (Lipinski definition) is 1. The Balaban J connectivity index is 2.15. The van der Waals surface area contributed by atoms with Crippen molar-refractivity contribution in [1.82, 2.24) is 9.97 Å². The molecule has 1 heterocycles.